The zero-order valence-corrected chi connectivity index (χ0v) is 23.1. The van der Waals surface area contributed by atoms with Crippen molar-refractivity contribution in [2.45, 2.75) is 76.4 Å². The van der Waals surface area contributed by atoms with Crippen molar-refractivity contribution in [1.29, 1.82) is 5.41 Å². The number of halogens is 2. The number of rotatable bonds is 8. The third-order valence-corrected chi connectivity index (χ3v) is 8.37. The first-order valence-electron chi connectivity index (χ1n) is 13.5. The van der Waals surface area contributed by atoms with E-state index in [1.165, 1.54) is 6.20 Å². The lowest BCUT2D eigenvalue weighted by Crippen LogP contribution is -2.52. The predicted molar refractivity (Wildman–Crippen MR) is 152 cm³/mol. The standard InChI is InChI=1S/C28H37ClFN7O2/c1-3-18-7-9-19(10-8-18)16-37(17(2)28(30)11-5-4-6-12-28)23-22(20-13-21(29)15-34-14-20)35-26(36-24(23)31)25(32)39-27(33)38/h3,13-15,17-19,32H,1,4-12,16H2,2H3,(H2,33,38)(H2,31,35,36). The van der Waals surface area contributed by atoms with E-state index in [0.29, 0.717) is 53.2 Å². The lowest BCUT2D eigenvalue weighted by molar-refractivity contribution is 0.0763. The second-order valence-electron chi connectivity index (χ2n) is 10.7. The van der Waals surface area contributed by atoms with Crippen LogP contribution in [0.4, 0.5) is 20.7 Å². The molecule has 4 rings (SSSR count). The molecule has 2 aliphatic rings. The summed E-state index contributed by atoms with van der Waals surface area (Å²) in [5.41, 5.74) is 11.6. The zero-order valence-electron chi connectivity index (χ0n) is 22.3. The Morgan fingerprint density at radius 1 is 1.28 bits per heavy atom. The second kappa shape index (κ2) is 12.3. The van der Waals surface area contributed by atoms with Gasteiger partial charge in [-0.25, -0.2) is 19.2 Å². The first-order chi connectivity index (χ1) is 18.6. The summed E-state index contributed by atoms with van der Waals surface area (Å²) in [5.74, 6) is -0.0176. The minimum Gasteiger partial charge on any atom is -0.388 e. The van der Waals surface area contributed by atoms with Crippen LogP contribution in [0.5, 0.6) is 0 Å². The van der Waals surface area contributed by atoms with E-state index in [9.17, 15) is 4.79 Å². The maximum Gasteiger partial charge on any atom is 0.411 e. The van der Waals surface area contributed by atoms with Crippen molar-refractivity contribution in [1.82, 2.24) is 15.0 Å². The smallest absolute Gasteiger partial charge is 0.388 e. The molecule has 11 heteroatoms. The van der Waals surface area contributed by atoms with E-state index < -0.39 is 23.7 Å². The Morgan fingerprint density at radius 3 is 2.59 bits per heavy atom. The summed E-state index contributed by atoms with van der Waals surface area (Å²) in [6.07, 6.45) is 11.6. The van der Waals surface area contributed by atoms with Gasteiger partial charge in [-0.2, -0.15) is 0 Å². The van der Waals surface area contributed by atoms with Crippen molar-refractivity contribution in [3.63, 3.8) is 0 Å². The number of alkyl halides is 1. The molecule has 1 unspecified atom stereocenters. The highest BCUT2D eigenvalue weighted by Crippen LogP contribution is 2.43. The van der Waals surface area contributed by atoms with Gasteiger partial charge in [0.1, 0.15) is 17.1 Å². The predicted octanol–water partition coefficient (Wildman–Crippen LogP) is 6.05. The first kappa shape index (κ1) is 28.7. The van der Waals surface area contributed by atoms with Crippen LogP contribution in [0.25, 0.3) is 11.3 Å². The number of hydrogen-bond acceptors (Lipinski definition) is 8. The molecular formula is C28H37ClFN7O2. The van der Waals surface area contributed by atoms with Crippen LogP contribution in [0.2, 0.25) is 5.02 Å². The number of anilines is 2. The number of carbonyl (C=O) groups excluding carboxylic acids is 1. The van der Waals surface area contributed by atoms with Gasteiger partial charge in [0.15, 0.2) is 5.82 Å². The van der Waals surface area contributed by atoms with Crippen LogP contribution < -0.4 is 16.4 Å². The number of nitrogens with zero attached hydrogens (tertiary/aromatic N) is 4. The number of nitrogen functional groups attached to an aromatic ring is 1. The number of amides is 1. The van der Waals surface area contributed by atoms with Crippen LogP contribution >= 0.6 is 11.6 Å². The minimum atomic E-state index is -1.41. The van der Waals surface area contributed by atoms with Crippen molar-refractivity contribution < 1.29 is 13.9 Å². The van der Waals surface area contributed by atoms with Gasteiger partial charge in [0.25, 0.3) is 5.90 Å². The van der Waals surface area contributed by atoms with Crippen LogP contribution in [0.3, 0.4) is 0 Å². The van der Waals surface area contributed by atoms with Crippen LogP contribution in [0.15, 0.2) is 31.1 Å². The molecule has 9 nitrogen and oxygen atoms in total. The number of carbonyl (C=O) groups is 1. The Balaban J connectivity index is 1.84. The van der Waals surface area contributed by atoms with E-state index >= 15 is 4.39 Å². The fourth-order valence-corrected chi connectivity index (χ4v) is 6.08. The van der Waals surface area contributed by atoms with Crippen LogP contribution in [-0.4, -0.2) is 45.2 Å². The monoisotopic (exact) mass is 557 g/mol. The Bertz CT molecular complexity index is 1210. The molecule has 2 heterocycles. The van der Waals surface area contributed by atoms with Gasteiger partial charge in [-0.1, -0.05) is 36.9 Å². The molecule has 39 heavy (non-hydrogen) atoms. The van der Waals surface area contributed by atoms with Gasteiger partial charge in [0.05, 0.1) is 11.1 Å². The number of nitrogens with one attached hydrogen (secondary N) is 1. The van der Waals surface area contributed by atoms with Crippen LogP contribution in [0.1, 0.15) is 70.5 Å². The molecule has 0 spiro atoms. The molecule has 210 valence electrons. The number of primary amides is 1. The largest absolute Gasteiger partial charge is 0.411 e. The average Bonchev–Trinajstić information content (AvgIpc) is 2.91. The topological polar surface area (TPSA) is 144 Å². The third kappa shape index (κ3) is 6.66. The average molecular weight is 558 g/mol. The molecule has 2 aliphatic carbocycles. The fourth-order valence-electron chi connectivity index (χ4n) is 5.91. The lowest BCUT2D eigenvalue weighted by Gasteiger charge is -2.45. The van der Waals surface area contributed by atoms with Gasteiger partial charge in [-0.05, 0) is 63.4 Å². The van der Waals surface area contributed by atoms with Crippen molar-refractivity contribution in [3.8, 4) is 11.3 Å². The van der Waals surface area contributed by atoms with E-state index in [-0.39, 0.29) is 11.6 Å². The van der Waals surface area contributed by atoms with Crippen molar-refractivity contribution in [3.05, 3.63) is 42.0 Å². The SMILES string of the molecule is C=CC1CCC(CN(c2c(N)nc(C(=N)OC(N)=O)nc2-c2cncc(Cl)c2)C(C)C2(F)CCCCC2)CC1. The van der Waals surface area contributed by atoms with E-state index in [1.807, 2.05) is 17.9 Å². The number of aromatic nitrogens is 3. The molecule has 2 saturated carbocycles. The summed E-state index contributed by atoms with van der Waals surface area (Å²) in [5, 5.41) is 8.50. The fraction of sp³-hybridized carbons (Fsp3) is 0.536. The molecule has 1 atom stereocenters. The molecule has 0 aromatic carbocycles. The van der Waals surface area contributed by atoms with E-state index in [4.69, 9.17) is 33.2 Å². The van der Waals surface area contributed by atoms with E-state index in [1.54, 1.807) is 12.3 Å². The molecular weight excluding hydrogens is 521 g/mol. The van der Waals surface area contributed by atoms with E-state index in [2.05, 4.69) is 21.5 Å². The number of pyridine rings is 1. The Labute approximate surface area is 233 Å². The van der Waals surface area contributed by atoms with Crippen molar-refractivity contribution in [2.75, 3.05) is 17.2 Å². The molecule has 2 aromatic rings. The Kier molecular flexibility index (Phi) is 9.04. The highest BCUT2D eigenvalue weighted by molar-refractivity contribution is 6.30. The maximum atomic E-state index is 16.6. The quantitative estimate of drug-likeness (QED) is 0.203. The highest BCUT2D eigenvalue weighted by Gasteiger charge is 2.43. The second-order valence-corrected chi connectivity index (χ2v) is 11.1. The molecule has 0 radical (unpaired) electrons. The summed E-state index contributed by atoms with van der Waals surface area (Å²) < 4.78 is 21.3. The third-order valence-electron chi connectivity index (χ3n) is 8.16. The molecule has 0 saturated heterocycles. The highest BCUT2D eigenvalue weighted by atomic mass is 35.5. The number of nitrogens with two attached hydrogens (primary N) is 2. The summed E-state index contributed by atoms with van der Waals surface area (Å²) in [7, 11) is 0. The van der Waals surface area contributed by atoms with Crippen molar-refractivity contribution >= 4 is 35.1 Å². The molecule has 0 bridgehead atoms. The zero-order chi connectivity index (χ0) is 28.2. The Morgan fingerprint density at radius 2 is 1.97 bits per heavy atom. The first-order valence-corrected chi connectivity index (χ1v) is 13.9. The Hall–Kier alpha value is -3.27. The van der Waals surface area contributed by atoms with Gasteiger partial charge in [0, 0.05) is 24.5 Å². The van der Waals surface area contributed by atoms with Gasteiger partial charge < -0.3 is 21.1 Å². The van der Waals surface area contributed by atoms with Gasteiger partial charge in [-0.3, -0.25) is 10.4 Å². The molecule has 5 N–H and O–H groups in total. The molecule has 2 fully saturated rings. The maximum absolute atomic E-state index is 16.6. The summed E-state index contributed by atoms with van der Waals surface area (Å²) in [6.45, 7) is 6.43. The summed E-state index contributed by atoms with van der Waals surface area (Å²) in [6, 6.07) is 1.16. The summed E-state index contributed by atoms with van der Waals surface area (Å²) >= 11 is 6.28. The molecule has 2 aromatic heterocycles. The lowest BCUT2D eigenvalue weighted by atomic mass is 9.79. The van der Waals surface area contributed by atoms with Gasteiger partial charge in [-0.15, -0.1) is 6.58 Å². The van der Waals surface area contributed by atoms with Crippen LogP contribution in [0, 0.1) is 17.2 Å². The van der Waals surface area contributed by atoms with Gasteiger partial charge >= 0.3 is 6.09 Å². The van der Waals surface area contributed by atoms with Gasteiger partial charge in [0.2, 0.25) is 5.82 Å². The van der Waals surface area contributed by atoms with E-state index in [0.717, 1.165) is 44.9 Å². The van der Waals surface area contributed by atoms with Crippen LogP contribution in [-0.2, 0) is 4.74 Å². The number of hydrogen-bond donors (Lipinski definition) is 3. The normalized spacial score (nSPS) is 21.5. The number of ether oxygens (including phenoxy) is 1. The van der Waals surface area contributed by atoms with Crippen molar-refractivity contribution in [2.24, 2.45) is 17.6 Å². The molecule has 1 amide bonds. The number of allylic oxidation sites excluding steroid dienone is 1. The molecule has 0 aliphatic heterocycles. The minimum absolute atomic E-state index is 0.0406. The summed E-state index contributed by atoms with van der Waals surface area (Å²) in [4.78, 5) is 26.4.